The highest BCUT2D eigenvalue weighted by Gasteiger charge is 2.09. The maximum Gasteiger partial charge on any atom is 0.142 e. The summed E-state index contributed by atoms with van der Waals surface area (Å²) in [4.78, 5) is 7.48. The third-order valence-corrected chi connectivity index (χ3v) is 3.46. The zero-order valence-corrected chi connectivity index (χ0v) is 10.7. The second-order valence-corrected chi connectivity index (χ2v) is 5.27. The Morgan fingerprint density at radius 3 is 3.00 bits per heavy atom. The molecule has 0 saturated carbocycles. The molecule has 0 radical (unpaired) electrons. The first-order valence-corrected chi connectivity index (χ1v) is 6.11. The van der Waals surface area contributed by atoms with Crippen molar-refractivity contribution in [3.8, 4) is 5.75 Å². The van der Waals surface area contributed by atoms with Crippen LogP contribution >= 0.6 is 11.3 Å². The Balaban J connectivity index is 2.19. The lowest BCUT2D eigenvalue weighted by atomic mass is 10.3. The molecule has 0 bridgehead atoms. The zero-order chi connectivity index (χ0) is 11.5. The van der Waals surface area contributed by atoms with Crippen LogP contribution in [0.5, 0.6) is 5.75 Å². The lowest BCUT2D eigenvalue weighted by Gasteiger charge is -2.10. The molecule has 2 heterocycles. The number of hydrogen-bond acceptors (Lipinski definition) is 4. The number of ether oxygens (including phenoxy) is 1. The van der Waals surface area contributed by atoms with Crippen LogP contribution in [0, 0.1) is 6.92 Å². The van der Waals surface area contributed by atoms with E-state index in [1.807, 2.05) is 32.6 Å². The summed E-state index contributed by atoms with van der Waals surface area (Å²) in [5, 5.41) is 1.13. The Hall–Kier alpha value is -1.13. The fraction of sp³-hybridized carbons (Fsp3) is 0.417. The summed E-state index contributed by atoms with van der Waals surface area (Å²) in [6.07, 6.45) is 3.70. The van der Waals surface area contributed by atoms with E-state index in [1.54, 1.807) is 11.3 Å². The average molecular weight is 236 g/mol. The van der Waals surface area contributed by atoms with Gasteiger partial charge in [0.2, 0.25) is 0 Å². The number of pyridine rings is 1. The molecule has 0 N–H and O–H groups in total. The minimum absolute atomic E-state index is 0.717. The van der Waals surface area contributed by atoms with Gasteiger partial charge in [-0.1, -0.05) is 0 Å². The number of rotatable bonds is 4. The maximum atomic E-state index is 5.83. The fourth-order valence-electron chi connectivity index (χ4n) is 1.55. The smallest absolute Gasteiger partial charge is 0.142 e. The molecule has 0 aliphatic carbocycles. The van der Waals surface area contributed by atoms with E-state index in [-0.39, 0.29) is 0 Å². The molecular weight excluding hydrogens is 220 g/mol. The van der Waals surface area contributed by atoms with Gasteiger partial charge in [-0.2, -0.15) is 0 Å². The molecule has 4 heteroatoms. The predicted octanol–water partition coefficient (Wildman–Crippen LogP) is 2.55. The zero-order valence-electron chi connectivity index (χ0n) is 9.86. The number of aromatic nitrogens is 1. The average Bonchev–Trinajstić information content (AvgIpc) is 2.55. The molecule has 0 spiro atoms. The van der Waals surface area contributed by atoms with E-state index in [0.29, 0.717) is 6.61 Å². The molecule has 2 rings (SSSR count). The van der Waals surface area contributed by atoms with Gasteiger partial charge in [-0.25, -0.2) is 0 Å². The third kappa shape index (κ3) is 2.33. The van der Waals surface area contributed by atoms with Crippen LogP contribution in [-0.2, 0) is 0 Å². The Morgan fingerprint density at radius 1 is 1.44 bits per heavy atom. The third-order valence-electron chi connectivity index (χ3n) is 2.39. The number of hydrogen-bond donors (Lipinski definition) is 0. The molecule has 0 atom stereocenters. The van der Waals surface area contributed by atoms with Crippen LogP contribution < -0.4 is 4.74 Å². The molecule has 0 fully saturated rings. The van der Waals surface area contributed by atoms with Gasteiger partial charge < -0.3 is 9.64 Å². The highest BCUT2D eigenvalue weighted by Crippen LogP contribution is 2.36. The van der Waals surface area contributed by atoms with Crippen LogP contribution in [0.2, 0.25) is 0 Å². The summed E-state index contributed by atoms with van der Waals surface area (Å²) >= 11 is 1.76. The van der Waals surface area contributed by atoms with Crippen molar-refractivity contribution in [3.63, 3.8) is 0 Å². The lowest BCUT2D eigenvalue weighted by Crippen LogP contribution is -2.19. The van der Waals surface area contributed by atoms with Gasteiger partial charge in [0.05, 0.1) is 5.39 Å². The van der Waals surface area contributed by atoms with Gasteiger partial charge in [-0.15, -0.1) is 11.3 Å². The van der Waals surface area contributed by atoms with Gasteiger partial charge in [-0.3, -0.25) is 4.98 Å². The highest BCUT2D eigenvalue weighted by molar-refractivity contribution is 7.19. The first-order valence-electron chi connectivity index (χ1n) is 5.29. The van der Waals surface area contributed by atoms with Crippen molar-refractivity contribution in [2.24, 2.45) is 0 Å². The standard InChI is InChI=1S/C12H16N2OS/c1-9-12(15-7-6-14(2)3)10-8-13-5-4-11(10)16-9/h4-5,8H,6-7H2,1-3H3. The van der Waals surface area contributed by atoms with Gasteiger partial charge in [0, 0.05) is 28.5 Å². The molecule has 2 aromatic heterocycles. The van der Waals surface area contributed by atoms with Crippen molar-refractivity contribution in [3.05, 3.63) is 23.3 Å². The van der Waals surface area contributed by atoms with Crippen molar-refractivity contribution in [1.29, 1.82) is 0 Å². The van der Waals surface area contributed by atoms with Gasteiger partial charge in [0.15, 0.2) is 0 Å². The first kappa shape index (κ1) is 11.4. The predicted molar refractivity (Wildman–Crippen MR) is 68.4 cm³/mol. The molecule has 0 unspecified atom stereocenters. The van der Waals surface area contributed by atoms with Gasteiger partial charge >= 0.3 is 0 Å². The van der Waals surface area contributed by atoms with E-state index in [2.05, 4.69) is 16.8 Å². The van der Waals surface area contributed by atoms with Crippen molar-refractivity contribution in [1.82, 2.24) is 9.88 Å². The quantitative estimate of drug-likeness (QED) is 0.815. The van der Waals surface area contributed by atoms with Crippen LogP contribution in [-0.4, -0.2) is 37.1 Å². The first-order chi connectivity index (χ1) is 7.68. The normalized spacial score (nSPS) is 11.2. The van der Waals surface area contributed by atoms with Crippen molar-refractivity contribution in [2.45, 2.75) is 6.92 Å². The van der Waals surface area contributed by atoms with Crippen molar-refractivity contribution < 1.29 is 4.74 Å². The second-order valence-electron chi connectivity index (χ2n) is 4.01. The summed E-state index contributed by atoms with van der Waals surface area (Å²) in [6.45, 7) is 3.74. The van der Waals surface area contributed by atoms with E-state index in [9.17, 15) is 0 Å². The Morgan fingerprint density at radius 2 is 2.25 bits per heavy atom. The summed E-state index contributed by atoms with van der Waals surface area (Å²) in [5.74, 6) is 0.995. The molecule has 3 nitrogen and oxygen atoms in total. The van der Waals surface area contributed by atoms with Crippen LogP contribution in [0.15, 0.2) is 18.5 Å². The number of nitrogens with zero attached hydrogens (tertiary/aromatic N) is 2. The minimum atomic E-state index is 0.717. The number of aryl methyl sites for hydroxylation is 1. The van der Waals surface area contributed by atoms with E-state index in [0.717, 1.165) is 17.7 Å². The number of likely N-dealkylation sites (N-methyl/N-ethyl adjacent to an activating group) is 1. The maximum absolute atomic E-state index is 5.83. The summed E-state index contributed by atoms with van der Waals surface area (Å²) < 4.78 is 7.07. The number of thiophene rings is 1. The molecule has 2 aromatic rings. The topological polar surface area (TPSA) is 25.4 Å². The lowest BCUT2D eigenvalue weighted by molar-refractivity contribution is 0.263. The van der Waals surface area contributed by atoms with Crippen LogP contribution in [0.4, 0.5) is 0 Å². The summed E-state index contributed by atoms with van der Waals surface area (Å²) in [7, 11) is 4.09. The van der Waals surface area contributed by atoms with Crippen molar-refractivity contribution in [2.75, 3.05) is 27.2 Å². The second kappa shape index (κ2) is 4.80. The van der Waals surface area contributed by atoms with Crippen LogP contribution in [0.1, 0.15) is 4.88 Å². The van der Waals surface area contributed by atoms with E-state index in [4.69, 9.17) is 4.74 Å². The summed E-state index contributed by atoms with van der Waals surface area (Å²) in [5.41, 5.74) is 0. The van der Waals surface area contributed by atoms with Crippen LogP contribution in [0.3, 0.4) is 0 Å². The molecule has 0 amide bonds. The molecule has 0 saturated heterocycles. The molecule has 16 heavy (non-hydrogen) atoms. The van der Waals surface area contributed by atoms with Crippen molar-refractivity contribution >= 4 is 21.4 Å². The Kier molecular flexibility index (Phi) is 3.41. The SMILES string of the molecule is Cc1sc2ccncc2c1OCCN(C)C. The van der Waals surface area contributed by atoms with Crippen LogP contribution in [0.25, 0.3) is 10.1 Å². The van der Waals surface area contributed by atoms with Gasteiger partial charge in [-0.05, 0) is 27.1 Å². The monoisotopic (exact) mass is 236 g/mol. The molecular formula is C12H16N2OS. The van der Waals surface area contributed by atoms with E-state index in [1.165, 1.54) is 9.58 Å². The Bertz CT molecular complexity index is 479. The fourth-order valence-corrected chi connectivity index (χ4v) is 2.53. The van der Waals surface area contributed by atoms with Gasteiger partial charge in [0.1, 0.15) is 12.4 Å². The Labute approximate surface area is 99.7 Å². The highest BCUT2D eigenvalue weighted by atomic mass is 32.1. The van der Waals surface area contributed by atoms with E-state index < -0.39 is 0 Å². The van der Waals surface area contributed by atoms with E-state index >= 15 is 0 Å². The minimum Gasteiger partial charge on any atom is -0.490 e. The molecule has 0 aliphatic heterocycles. The largest absolute Gasteiger partial charge is 0.490 e. The summed E-state index contributed by atoms with van der Waals surface area (Å²) in [6, 6.07) is 2.03. The molecule has 0 aromatic carbocycles. The molecule has 0 aliphatic rings. The van der Waals surface area contributed by atoms with Gasteiger partial charge in [0.25, 0.3) is 0 Å². The molecule has 86 valence electrons. The number of fused-ring (bicyclic) bond motifs is 1.